The highest BCUT2D eigenvalue weighted by Gasteiger charge is 2.35. The van der Waals surface area contributed by atoms with Gasteiger partial charge in [-0.1, -0.05) is 0 Å². The van der Waals surface area contributed by atoms with E-state index < -0.39 is 5.60 Å². The highest BCUT2D eigenvalue weighted by molar-refractivity contribution is 7.15. The van der Waals surface area contributed by atoms with E-state index in [-0.39, 0.29) is 30.3 Å². The van der Waals surface area contributed by atoms with Gasteiger partial charge in [0.1, 0.15) is 33.9 Å². The predicted octanol–water partition coefficient (Wildman–Crippen LogP) is 3.30. The standard InChI is InChI=1S/C21H23N3O4S/c1-21(2,3)28-18(25)9-14-8-15(24-19(14)26)12-27-16-6-4-13(5-7-16)20-23-11-17(10-22)29-20/h4-7,11,14-15H,8-9,12H2,1-3H3,(H,24,26)/t14-,15-/m0/s1. The van der Waals surface area contributed by atoms with E-state index in [0.29, 0.717) is 23.7 Å². The smallest absolute Gasteiger partial charge is 0.307 e. The van der Waals surface area contributed by atoms with Crippen molar-refractivity contribution in [2.24, 2.45) is 5.92 Å². The van der Waals surface area contributed by atoms with E-state index in [1.54, 1.807) is 27.0 Å². The maximum absolute atomic E-state index is 12.1. The Morgan fingerprint density at radius 3 is 2.69 bits per heavy atom. The minimum Gasteiger partial charge on any atom is -0.491 e. The number of hydrogen-bond donors (Lipinski definition) is 1. The Balaban J connectivity index is 1.49. The summed E-state index contributed by atoms with van der Waals surface area (Å²) in [5.74, 6) is -0.218. The lowest BCUT2D eigenvalue weighted by molar-refractivity contribution is -0.156. The van der Waals surface area contributed by atoms with Crippen LogP contribution in [-0.4, -0.2) is 35.1 Å². The zero-order valence-corrected chi connectivity index (χ0v) is 17.4. The van der Waals surface area contributed by atoms with Gasteiger partial charge in [-0.25, -0.2) is 4.98 Å². The molecular weight excluding hydrogens is 390 g/mol. The van der Waals surface area contributed by atoms with Gasteiger partial charge in [-0.2, -0.15) is 5.26 Å². The first-order valence-corrected chi connectivity index (χ1v) is 10.2. The zero-order valence-electron chi connectivity index (χ0n) is 16.6. The fourth-order valence-corrected chi connectivity index (χ4v) is 3.77. The Morgan fingerprint density at radius 1 is 1.34 bits per heavy atom. The molecule has 8 heteroatoms. The number of thiazole rings is 1. The van der Waals surface area contributed by atoms with Crippen LogP contribution in [0.1, 0.15) is 38.5 Å². The molecule has 1 saturated heterocycles. The second kappa shape index (κ2) is 8.62. The summed E-state index contributed by atoms with van der Waals surface area (Å²) in [5, 5.41) is 12.6. The number of esters is 1. The Morgan fingerprint density at radius 2 is 2.07 bits per heavy atom. The van der Waals surface area contributed by atoms with Gasteiger partial charge >= 0.3 is 5.97 Å². The number of ether oxygens (including phenoxy) is 2. The summed E-state index contributed by atoms with van der Waals surface area (Å²) in [6.07, 6.45) is 2.17. The van der Waals surface area contributed by atoms with Crippen LogP contribution in [0.2, 0.25) is 0 Å². The number of carbonyl (C=O) groups excluding carboxylic acids is 2. The maximum Gasteiger partial charge on any atom is 0.307 e. The average molecular weight is 413 g/mol. The Hall–Kier alpha value is -2.92. The van der Waals surface area contributed by atoms with Crippen LogP contribution >= 0.6 is 11.3 Å². The molecule has 7 nitrogen and oxygen atoms in total. The molecule has 0 unspecified atom stereocenters. The Labute approximate surface area is 173 Å². The minimum absolute atomic E-state index is 0.0762. The first-order chi connectivity index (χ1) is 13.7. The number of nitrogens with one attached hydrogen (secondary N) is 1. The molecule has 2 aromatic rings. The van der Waals surface area contributed by atoms with E-state index in [2.05, 4.69) is 16.4 Å². The van der Waals surface area contributed by atoms with Gasteiger partial charge in [-0.3, -0.25) is 9.59 Å². The average Bonchev–Trinajstić information content (AvgIpc) is 3.26. The third kappa shape index (κ3) is 5.78. The number of hydrogen-bond acceptors (Lipinski definition) is 7. The van der Waals surface area contributed by atoms with Gasteiger partial charge in [0.2, 0.25) is 5.91 Å². The number of rotatable bonds is 6. The number of amides is 1. The highest BCUT2D eigenvalue weighted by atomic mass is 32.1. The SMILES string of the molecule is CC(C)(C)OC(=O)C[C@@H]1C[C@@H](COc2ccc(-c3ncc(C#N)s3)cc2)NC1=O. The van der Waals surface area contributed by atoms with Crippen molar-refractivity contribution in [1.29, 1.82) is 5.26 Å². The lowest BCUT2D eigenvalue weighted by Crippen LogP contribution is -2.31. The van der Waals surface area contributed by atoms with Crippen molar-refractivity contribution in [3.8, 4) is 22.4 Å². The van der Waals surface area contributed by atoms with Crippen LogP contribution in [0.15, 0.2) is 30.5 Å². The molecular formula is C21H23N3O4S. The van der Waals surface area contributed by atoms with Crippen molar-refractivity contribution < 1.29 is 19.1 Å². The molecule has 3 rings (SSSR count). The third-order valence-electron chi connectivity index (χ3n) is 4.29. The minimum atomic E-state index is -0.560. The molecule has 1 aliphatic rings. The molecule has 2 atom stereocenters. The lowest BCUT2D eigenvalue weighted by Gasteiger charge is -2.20. The van der Waals surface area contributed by atoms with Crippen molar-refractivity contribution >= 4 is 23.2 Å². The van der Waals surface area contributed by atoms with Gasteiger partial charge in [0.05, 0.1) is 24.6 Å². The molecule has 2 heterocycles. The quantitative estimate of drug-likeness (QED) is 0.729. The van der Waals surface area contributed by atoms with Gasteiger partial charge in [0.15, 0.2) is 0 Å². The summed E-state index contributed by atoms with van der Waals surface area (Å²) >= 11 is 1.34. The monoisotopic (exact) mass is 413 g/mol. The highest BCUT2D eigenvalue weighted by Crippen LogP contribution is 2.27. The summed E-state index contributed by atoms with van der Waals surface area (Å²) in [7, 11) is 0. The maximum atomic E-state index is 12.1. The van der Waals surface area contributed by atoms with Gasteiger partial charge in [-0.15, -0.1) is 11.3 Å². The number of benzene rings is 1. The Kier molecular flexibility index (Phi) is 6.18. The fourth-order valence-electron chi connectivity index (χ4n) is 3.05. The molecule has 0 spiro atoms. The summed E-state index contributed by atoms with van der Waals surface area (Å²) < 4.78 is 11.1. The molecule has 152 valence electrons. The second-order valence-electron chi connectivity index (χ2n) is 7.91. The molecule has 0 radical (unpaired) electrons. The van der Waals surface area contributed by atoms with Crippen molar-refractivity contribution in [3.63, 3.8) is 0 Å². The van der Waals surface area contributed by atoms with E-state index in [4.69, 9.17) is 14.7 Å². The normalized spacial score (nSPS) is 18.8. The van der Waals surface area contributed by atoms with Crippen LogP contribution in [0.25, 0.3) is 10.6 Å². The van der Waals surface area contributed by atoms with E-state index in [9.17, 15) is 9.59 Å². The van der Waals surface area contributed by atoms with Crippen LogP contribution in [0.5, 0.6) is 5.75 Å². The molecule has 0 aliphatic carbocycles. The number of aromatic nitrogens is 1. The molecule has 1 N–H and O–H groups in total. The van der Waals surface area contributed by atoms with Crippen LogP contribution in [-0.2, 0) is 14.3 Å². The third-order valence-corrected chi connectivity index (χ3v) is 5.24. The lowest BCUT2D eigenvalue weighted by atomic mass is 10.0. The van der Waals surface area contributed by atoms with Crippen LogP contribution < -0.4 is 10.1 Å². The molecule has 0 bridgehead atoms. The molecule has 29 heavy (non-hydrogen) atoms. The Bertz CT molecular complexity index is 925. The number of nitriles is 1. The van der Waals surface area contributed by atoms with E-state index in [1.807, 2.05) is 24.3 Å². The molecule has 0 saturated carbocycles. The number of carbonyl (C=O) groups is 2. The zero-order chi connectivity index (χ0) is 21.0. The molecule has 1 amide bonds. The summed E-state index contributed by atoms with van der Waals surface area (Å²) in [6.45, 7) is 5.74. The van der Waals surface area contributed by atoms with Gasteiger partial charge in [0, 0.05) is 5.56 Å². The molecule has 1 aliphatic heterocycles. The molecule has 1 aromatic heterocycles. The molecule has 1 fully saturated rings. The van der Waals surface area contributed by atoms with Gasteiger partial charge in [-0.05, 0) is 51.5 Å². The topological polar surface area (TPSA) is 101 Å². The van der Waals surface area contributed by atoms with Crippen LogP contribution in [0.4, 0.5) is 0 Å². The molecule has 1 aromatic carbocycles. The van der Waals surface area contributed by atoms with Crippen molar-refractivity contribution in [2.45, 2.75) is 45.3 Å². The van der Waals surface area contributed by atoms with Crippen LogP contribution in [0, 0.1) is 17.2 Å². The summed E-state index contributed by atoms with van der Waals surface area (Å²) in [5.41, 5.74) is 0.353. The van der Waals surface area contributed by atoms with Crippen molar-refractivity contribution in [3.05, 3.63) is 35.3 Å². The summed E-state index contributed by atoms with van der Waals surface area (Å²) in [6, 6.07) is 9.36. The fraction of sp³-hybridized carbons (Fsp3) is 0.429. The first kappa shape index (κ1) is 20.8. The second-order valence-corrected chi connectivity index (χ2v) is 8.94. The van der Waals surface area contributed by atoms with E-state index in [0.717, 1.165) is 10.6 Å². The summed E-state index contributed by atoms with van der Waals surface area (Å²) in [4.78, 5) is 28.9. The van der Waals surface area contributed by atoms with E-state index in [1.165, 1.54) is 11.3 Å². The van der Waals surface area contributed by atoms with Crippen molar-refractivity contribution in [2.75, 3.05) is 6.61 Å². The number of nitrogens with zero attached hydrogens (tertiary/aromatic N) is 2. The largest absolute Gasteiger partial charge is 0.491 e. The van der Waals surface area contributed by atoms with E-state index >= 15 is 0 Å². The first-order valence-electron chi connectivity index (χ1n) is 9.35. The van der Waals surface area contributed by atoms with Gasteiger partial charge < -0.3 is 14.8 Å². The van der Waals surface area contributed by atoms with Gasteiger partial charge in [0.25, 0.3) is 0 Å². The predicted molar refractivity (Wildman–Crippen MR) is 108 cm³/mol. The van der Waals surface area contributed by atoms with Crippen molar-refractivity contribution in [1.82, 2.24) is 10.3 Å². The van der Waals surface area contributed by atoms with Crippen LogP contribution in [0.3, 0.4) is 0 Å².